The van der Waals surface area contributed by atoms with Crippen molar-refractivity contribution in [1.82, 2.24) is 19.3 Å². The number of amides is 1. The number of ether oxygens (including phenoxy) is 1. The van der Waals surface area contributed by atoms with E-state index in [1.807, 2.05) is 46.7 Å². The summed E-state index contributed by atoms with van der Waals surface area (Å²) in [5.41, 5.74) is 4.31. The molecule has 1 atom stereocenters. The molecule has 0 aliphatic carbocycles. The fraction of sp³-hybridized carbons (Fsp3) is 0.250. The number of benzene rings is 2. The summed E-state index contributed by atoms with van der Waals surface area (Å²) >= 11 is 0. The van der Waals surface area contributed by atoms with Crippen molar-refractivity contribution in [3.05, 3.63) is 96.2 Å². The monoisotopic (exact) mass is 488 g/mol. The first-order valence-electron chi connectivity index (χ1n) is 11.9. The van der Waals surface area contributed by atoms with Crippen LogP contribution < -0.4 is 4.74 Å². The molecule has 1 aliphatic rings. The lowest BCUT2D eigenvalue weighted by atomic mass is 10.0. The van der Waals surface area contributed by atoms with Gasteiger partial charge in [0.05, 0.1) is 22.9 Å². The van der Waals surface area contributed by atoms with Crippen molar-refractivity contribution in [2.24, 2.45) is 0 Å². The summed E-state index contributed by atoms with van der Waals surface area (Å²) < 4.78 is 34.2. The van der Waals surface area contributed by atoms with Gasteiger partial charge in [0.1, 0.15) is 18.2 Å². The van der Waals surface area contributed by atoms with Crippen molar-refractivity contribution < 1.29 is 18.3 Å². The van der Waals surface area contributed by atoms with Gasteiger partial charge >= 0.3 is 0 Å². The van der Waals surface area contributed by atoms with Crippen molar-refractivity contribution >= 4 is 11.4 Å². The zero-order valence-electron chi connectivity index (χ0n) is 20.0. The van der Waals surface area contributed by atoms with E-state index < -0.39 is 11.6 Å². The molecule has 0 saturated carbocycles. The second-order valence-electron chi connectivity index (χ2n) is 8.86. The fourth-order valence-corrected chi connectivity index (χ4v) is 4.73. The number of carbonyl (C=O) groups excluding carboxylic acids is 1. The number of hydrogen-bond acceptors (Lipinski definition) is 4. The molecule has 2 aromatic heterocycles. The fourth-order valence-electron chi connectivity index (χ4n) is 4.73. The molecule has 1 aliphatic heterocycles. The molecule has 0 radical (unpaired) electrons. The van der Waals surface area contributed by atoms with E-state index >= 15 is 0 Å². The number of piperidine rings is 1. The van der Waals surface area contributed by atoms with Crippen LogP contribution in [0.5, 0.6) is 5.75 Å². The zero-order chi connectivity index (χ0) is 25.2. The van der Waals surface area contributed by atoms with Gasteiger partial charge in [-0.05, 0) is 50.0 Å². The highest BCUT2D eigenvalue weighted by molar-refractivity contribution is 5.87. The van der Waals surface area contributed by atoms with Crippen molar-refractivity contribution in [1.29, 1.82) is 0 Å². The smallest absolute Gasteiger partial charge is 0.246 e. The highest BCUT2D eigenvalue weighted by atomic mass is 19.2. The summed E-state index contributed by atoms with van der Waals surface area (Å²) in [5, 5.41) is 0. The topological polar surface area (TPSA) is 59.7 Å². The molecule has 184 valence electrons. The van der Waals surface area contributed by atoms with Crippen LogP contribution in [-0.4, -0.2) is 31.7 Å². The van der Waals surface area contributed by atoms with Crippen LogP contribution >= 0.6 is 0 Å². The van der Waals surface area contributed by atoms with Gasteiger partial charge in [-0.1, -0.05) is 30.8 Å². The second kappa shape index (κ2) is 9.89. The van der Waals surface area contributed by atoms with Gasteiger partial charge in [-0.2, -0.15) is 0 Å². The van der Waals surface area contributed by atoms with E-state index in [-0.39, 0.29) is 24.3 Å². The van der Waals surface area contributed by atoms with Gasteiger partial charge in [0.15, 0.2) is 11.6 Å². The maximum atomic E-state index is 13.4. The predicted molar refractivity (Wildman–Crippen MR) is 132 cm³/mol. The molecule has 36 heavy (non-hydrogen) atoms. The van der Waals surface area contributed by atoms with E-state index in [1.165, 1.54) is 12.1 Å². The van der Waals surface area contributed by atoms with Crippen molar-refractivity contribution in [3.8, 4) is 17.0 Å². The van der Waals surface area contributed by atoms with Gasteiger partial charge in [0.25, 0.3) is 0 Å². The van der Waals surface area contributed by atoms with Gasteiger partial charge in [-0.15, -0.1) is 0 Å². The third kappa shape index (κ3) is 4.46. The molecule has 4 aromatic rings. The number of rotatable bonds is 6. The third-order valence-electron chi connectivity index (χ3n) is 6.55. The molecule has 6 nitrogen and oxygen atoms in total. The van der Waals surface area contributed by atoms with Crippen LogP contribution in [0.1, 0.15) is 42.4 Å². The number of aromatic nitrogens is 3. The summed E-state index contributed by atoms with van der Waals surface area (Å²) in [6, 6.07) is 11.1. The zero-order valence-corrected chi connectivity index (χ0v) is 20.0. The average Bonchev–Trinajstić information content (AvgIpc) is 3.30. The Morgan fingerprint density at radius 2 is 1.97 bits per heavy atom. The van der Waals surface area contributed by atoms with E-state index in [1.54, 1.807) is 6.20 Å². The summed E-state index contributed by atoms with van der Waals surface area (Å²) in [6.07, 6.45) is 7.82. The summed E-state index contributed by atoms with van der Waals surface area (Å²) in [7, 11) is 0. The highest BCUT2D eigenvalue weighted by Gasteiger charge is 2.31. The van der Waals surface area contributed by atoms with Crippen LogP contribution in [0.3, 0.4) is 0 Å². The van der Waals surface area contributed by atoms with Gasteiger partial charge in [-0.3, -0.25) is 14.2 Å². The van der Waals surface area contributed by atoms with Crippen LogP contribution in [0.2, 0.25) is 0 Å². The molecular formula is C28H26F2N4O2. The molecule has 2 aromatic carbocycles. The Morgan fingerprint density at radius 1 is 1.17 bits per heavy atom. The SMILES string of the molecule is C=CC(=O)N1CCCC[C@H]1c1nc(-c2ccc(COc3ccc(F)c(F)c3)cc2)c2c(C)nccn12. The highest BCUT2D eigenvalue weighted by Crippen LogP contribution is 2.35. The predicted octanol–water partition coefficient (Wildman–Crippen LogP) is 5.80. The molecule has 0 bridgehead atoms. The quantitative estimate of drug-likeness (QED) is 0.322. The standard InChI is InChI=1S/C28H26F2N4O2/c1-3-25(35)33-14-5-4-6-24(33)28-32-26(27-18(2)31-13-15-34(27)28)20-9-7-19(8-10-20)17-36-21-11-12-22(29)23(30)16-21/h3,7-13,15-16,24H,1,4-6,14,17H2,2H3/t24-/m0/s1. The molecule has 8 heteroatoms. The number of carbonyl (C=O) groups is 1. The van der Waals surface area contributed by atoms with Crippen LogP contribution in [-0.2, 0) is 11.4 Å². The minimum atomic E-state index is -0.944. The van der Waals surface area contributed by atoms with Crippen molar-refractivity contribution in [2.45, 2.75) is 38.8 Å². The lowest BCUT2D eigenvalue weighted by molar-refractivity contribution is -0.129. The van der Waals surface area contributed by atoms with Crippen LogP contribution in [0.15, 0.2) is 67.5 Å². The van der Waals surface area contributed by atoms with E-state index in [9.17, 15) is 13.6 Å². The maximum Gasteiger partial charge on any atom is 0.246 e. The number of fused-ring (bicyclic) bond motifs is 1. The molecular weight excluding hydrogens is 462 g/mol. The first kappa shape index (κ1) is 23.7. The molecule has 1 saturated heterocycles. The largest absolute Gasteiger partial charge is 0.489 e. The van der Waals surface area contributed by atoms with E-state index in [0.29, 0.717) is 6.54 Å². The minimum Gasteiger partial charge on any atom is -0.489 e. The van der Waals surface area contributed by atoms with Gasteiger partial charge in [0, 0.05) is 30.6 Å². The van der Waals surface area contributed by atoms with Gasteiger partial charge in [0.2, 0.25) is 5.91 Å². The van der Waals surface area contributed by atoms with Crippen LogP contribution in [0.4, 0.5) is 8.78 Å². The van der Waals surface area contributed by atoms with Crippen LogP contribution in [0.25, 0.3) is 16.8 Å². The van der Waals surface area contributed by atoms with E-state index in [0.717, 1.165) is 65.3 Å². The molecule has 1 amide bonds. The number of hydrogen-bond donors (Lipinski definition) is 0. The molecule has 0 spiro atoms. The first-order chi connectivity index (χ1) is 17.5. The minimum absolute atomic E-state index is 0.0887. The van der Waals surface area contributed by atoms with Crippen LogP contribution in [0, 0.1) is 18.6 Å². The first-order valence-corrected chi connectivity index (χ1v) is 11.9. The Labute approximate surface area is 207 Å². The number of likely N-dealkylation sites (tertiary alicyclic amines) is 1. The van der Waals surface area contributed by atoms with E-state index in [4.69, 9.17) is 9.72 Å². The van der Waals surface area contributed by atoms with Crippen molar-refractivity contribution in [3.63, 3.8) is 0 Å². The molecule has 5 rings (SSSR count). The summed E-state index contributed by atoms with van der Waals surface area (Å²) in [5.74, 6) is -0.871. The Kier molecular flexibility index (Phi) is 6.50. The third-order valence-corrected chi connectivity index (χ3v) is 6.55. The molecule has 1 fully saturated rings. The molecule has 0 unspecified atom stereocenters. The Balaban J connectivity index is 1.46. The van der Waals surface area contributed by atoms with E-state index in [2.05, 4.69) is 11.6 Å². The lowest BCUT2D eigenvalue weighted by Gasteiger charge is -2.34. The number of imidazole rings is 1. The Morgan fingerprint density at radius 3 is 2.72 bits per heavy atom. The van der Waals surface area contributed by atoms with Gasteiger partial charge < -0.3 is 9.64 Å². The second-order valence-corrected chi connectivity index (χ2v) is 8.86. The molecule has 3 heterocycles. The van der Waals surface area contributed by atoms with Crippen molar-refractivity contribution in [2.75, 3.05) is 6.54 Å². The lowest BCUT2D eigenvalue weighted by Crippen LogP contribution is -2.38. The number of aryl methyl sites for hydroxylation is 1. The van der Waals surface area contributed by atoms with Gasteiger partial charge in [-0.25, -0.2) is 13.8 Å². The maximum absolute atomic E-state index is 13.4. The molecule has 0 N–H and O–H groups in total. The normalized spacial score (nSPS) is 15.8. The summed E-state index contributed by atoms with van der Waals surface area (Å²) in [6.45, 7) is 6.50. The Bertz CT molecular complexity index is 1430. The number of nitrogens with zero attached hydrogens (tertiary/aromatic N) is 4. The average molecular weight is 489 g/mol. The Hall–Kier alpha value is -4.07. The number of halogens is 2. The summed E-state index contributed by atoms with van der Waals surface area (Å²) in [4.78, 5) is 23.9.